The van der Waals surface area contributed by atoms with E-state index in [-0.39, 0.29) is 24.8 Å². The first-order chi connectivity index (χ1) is 8.13. The zero-order valence-electron chi connectivity index (χ0n) is 9.24. The van der Waals surface area contributed by atoms with E-state index in [9.17, 15) is 13.6 Å². The van der Waals surface area contributed by atoms with Crippen molar-refractivity contribution in [3.05, 3.63) is 24.2 Å². The normalized spacial score (nSPS) is 10.8. The predicted molar refractivity (Wildman–Crippen MR) is 60.3 cm³/mol. The molecule has 1 aromatic heterocycles. The lowest BCUT2D eigenvalue weighted by Crippen LogP contribution is -2.36. The van der Waals surface area contributed by atoms with Gasteiger partial charge in [-0.2, -0.15) is 0 Å². The van der Waals surface area contributed by atoms with Crippen LogP contribution in [0.2, 0.25) is 0 Å². The Hall–Kier alpha value is -1.10. The summed E-state index contributed by atoms with van der Waals surface area (Å²) in [5.41, 5.74) is 0. The van der Waals surface area contributed by atoms with E-state index in [0.717, 1.165) is 4.90 Å². The Kier molecular flexibility index (Phi) is 5.97. The van der Waals surface area contributed by atoms with Gasteiger partial charge in [0.15, 0.2) is 0 Å². The molecule has 0 aliphatic rings. The molecule has 0 bridgehead atoms. The lowest BCUT2D eigenvalue weighted by molar-refractivity contribution is -0.132. The summed E-state index contributed by atoms with van der Waals surface area (Å²) >= 11 is 5.47. The number of rotatable bonds is 7. The van der Waals surface area contributed by atoms with Gasteiger partial charge in [0.2, 0.25) is 5.91 Å². The summed E-state index contributed by atoms with van der Waals surface area (Å²) in [6.45, 7) is -0.424. The van der Waals surface area contributed by atoms with Gasteiger partial charge in [-0.1, -0.05) is 0 Å². The molecule has 1 rings (SSSR count). The fraction of sp³-hybridized carbons (Fsp3) is 0.545. The molecule has 0 atom stereocenters. The van der Waals surface area contributed by atoms with Crippen LogP contribution in [0.15, 0.2) is 22.8 Å². The Labute approximate surface area is 103 Å². The Bertz CT molecular complexity index is 330. The predicted octanol–water partition coefficient (Wildman–Crippen LogP) is 2.54. The maximum absolute atomic E-state index is 12.2. The van der Waals surface area contributed by atoms with E-state index in [0.29, 0.717) is 12.2 Å². The smallest absolute Gasteiger partial charge is 0.255 e. The van der Waals surface area contributed by atoms with Crippen molar-refractivity contribution < 1.29 is 18.0 Å². The Morgan fingerprint density at radius 1 is 1.53 bits per heavy atom. The number of hydrogen-bond donors (Lipinski definition) is 0. The van der Waals surface area contributed by atoms with Crippen LogP contribution in [-0.4, -0.2) is 36.2 Å². The van der Waals surface area contributed by atoms with Crippen LogP contribution in [0.25, 0.3) is 0 Å². The fourth-order valence-corrected chi connectivity index (χ4v) is 1.63. The van der Waals surface area contributed by atoms with Gasteiger partial charge in [-0.25, -0.2) is 8.78 Å². The fourth-order valence-electron chi connectivity index (χ4n) is 1.43. The topological polar surface area (TPSA) is 33.5 Å². The first-order valence-corrected chi connectivity index (χ1v) is 5.81. The third-order valence-electron chi connectivity index (χ3n) is 2.23. The molecular formula is C11H14ClF2NO2. The standard InChI is InChI=1S/C11H14ClF2NO2/c12-5-6-15(8-10(13)14)11(16)4-3-9-2-1-7-17-9/h1-2,7,10H,3-6,8H2. The van der Waals surface area contributed by atoms with Gasteiger partial charge in [-0.3, -0.25) is 4.79 Å². The number of nitrogens with zero attached hydrogens (tertiary/aromatic N) is 1. The second-order valence-corrected chi connectivity index (χ2v) is 3.88. The highest BCUT2D eigenvalue weighted by Crippen LogP contribution is 2.07. The molecule has 0 aliphatic carbocycles. The average Bonchev–Trinajstić information content (AvgIpc) is 2.77. The van der Waals surface area contributed by atoms with Gasteiger partial charge in [-0.05, 0) is 12.1 Å². The average molecular weight is 266 g/mol. The third kappa shape index (κ3) is 5.17. The highest BCUT2D eigenvalue weighted by Gasteiger charge is 2.17. The second-order valence-electron chi connectivity index (χ2n) is 3.50. The molecule has 0 radical (unpaired) electrons. The van der Waals surface area contributed by atoms with Crippen LogP contribution in [0, 0.1) is 0 Å². The van der Waals surface area contributed by atoms with E-state index in [1.165, 1.54) is 6.26 Å². The number of halogens is 3. The van der Waals surface area contributed by atoms with Crippen molar-refractivity contribution in [2.24, 2.45) is 0 Å². The first kappa shape index (κ1) is 14.0. The molecule has 96 valence electrons. The van der Waals surface area contributed by atoms with Gasteiger partial charge in [0.05, 0.1) is 12.8 Å². The number of carbonyl (C=O) groups excluding carboxylic acids is 1. The second kappa shape index (κ2) is 7.27. The van der Waals surface area contributed by atoms with E-state index in [4.69, 9.17) is 16.0 Å². The summed E-state index contributed by atoms with van der Waals surface area (Å²) in [6.07, 6.45) is -0.466. The van der Waals surface area contributed by atoms with E-state index in [2.05, 4.69) is 0 Å². The lowest BCUT2D eigenvalue weighted by Gasteiger charge is -2.20. The summed E-state index contributed by atoms with van der Waals surface area (Å²) < 4.78 is 29.5. The summed E-state index contributed by atoms with van der Waals surface area (Å²) in [5, 5.41) is 0. The molecule has 0 N–H and O–H groups in total. The van der Waals surface area contributed by atoms with E-state index in [1.54, 1.807) is 12.1 Å². The molecule has 17 heavy (non-hydrogen) atoms. The zero-order valence-corrected chi connectivity index (χ0v) is 10.00. The molecule has 0 unspecified atom stereocenters. The number of amides is 1. The molecule has 1 heterocycles. The third-order valence-corrected chi connectivity index (χ3v) is 2.40. The molecule has 0 fully saturated rings. The van der Waals surface area contributed by atoms with Crippen molar-refractivity contribution in [3.8, 4) is 0 Å². The van der Waals surface area contributed by atoms with Crippen molar-refractivity contribution in [2.75, 3.05) is 19.0 Å². The van der Waals surface area contributed by atoms with Crippen molar-refractivity contribution in [1.29, 1.82) is 0 Å². The van der Waals surface area contributed by atoms with Gasteiger partial charge in [-0.15, -0.1) is 11.6 Å². The van der Waals surface area contributed by atoms with Crippen molar-refractivity contribution in [1.82, 2.24) is 4.90 Å². The summed E-state index contributed by atoms with van der Waals surface area (Å²) in [6, 6.07) is 3.46. The quantitative estimate of drug-likeness (QED) is 0.710. The summed E-state index contributed by atoms with van der Waals surface area (Å²) in [5.74, 6) is 0.489. The molecule has 0 aliphatic heterocycles. The van der Waals surface area contributed by atoms with E-state index in [1.807, 2.05) is 0 Å². The van der Waals surface area contributed by atoms with Gasteiger partial charge < -0.3 is 9.32 Å². The zero-order chi connectivity index (χ0) is 12.7. The number of hydrogen-bond acceptors (Lipinski definition) is 2. The summed E-state index contributed by atoms with van der Waals surface area (Å²) in [4.78, 5) is 12.7. The molecule has 1 aromatic rings. The van der Waals surface area contributed by atoms with Crippen molar-refractivity contribution in [2.45, 2.75) is 19.3 Å². The molecule has 0 saturated heterocycles. The van der Waals surface area contributed by atoms with Crippen LogP contribution in [0.3, 0.4) is 0 Å². The van der Waals surface area contributed by atoms with Crippen molar-refractivity contribution >= 4 is 17.5 Å². The van der Waals surface area contributed by atoms with Crippen LogP contribution < -0.4 is 0 Å². The molecule has 1 amide bonds. The molecular weight excluding hydrogens is 252 g/mol. The first-order valence-electron chi connectivity index (χ1n) is 5.27. The number of aryl methyl sites for hydroxylation is 1. The molecule has 6 heteroatoms. The van der Waals surface area contributed by atoms with Gasteiger partial charge in [0, 0.05) is 25.3 Å². The van der Waals surface area contributed by atoms with Gasteiger partial charge in [0.1, 0.15) is 5.76 Å². The van der Waals surface area contributed by atoms with Gasteiger partial charge in [0.25, 0.3) is 6.43 Å². The molecule has 0 saturated carbocycles. The molecule has 0 spiro atoms. The van der Waals surface area contributed by atoms with Crippen LogP contribution in [-0.2, 0) is 11.2 Å². The maximum Gasteiger partial charge on any atom is 0.255 e. The van der Waals surface area contributed by atoms with E-state index < -0.39 is 13.0 Å². The van der Waals surface area contributed by atoms with E-state index >= 15 is 0 Å². The SMILES string of the molecule is O=C(CCc1ccco1)N(CCCl)CC(F)F. The minimum Gasteiger partial charge on any atom is -0.469 e. The Morgan fingerprint density at radius 2 is 2.29 bits per heavy atom. The maximum atomic E-state index is 12.2. The highest BCUT2D eigenvalue weighted by atomic mass is 35.5. The van der Waals surface area contributed by atoms with Crippen molar-refractivity contribution in [3.63, 3.8) is 0 Å². The Morgan fingerprint density at radius 3 is 2.82 bits per heavy atom. The van der Waals surface area contributed by atoms with Crippen LogP contribution in [0.5, 0.6) is 0 Å². The van der Waals surface area contributed by atoms with Crippen LogP contribution >= 0.6 is 11.6 Å². The van der Waals surface area contributed by atoms with Crippen LogP contribution in [0.1, 0.15) is 12.2 Å². The number of carbonyl (C=O) groups is 1. The highest BCUT2D eigenvalue weighted by molar-refractivity contribution is 6.18. The minimum atomic E-state index is -2.54. The summed E-state index contributed by atoms with van der Waals surface area (Å²) in [7, 11) is 0. The Balaban J connectivity index is 2.41. The van der Waals surface area contributed by atoms with Crippen LogP contribution in [0.4, 0.5) is 8.78 Å². The monoisotopic (exact) mass is 265 g/mol. The largest absolute Gasteiger partial charge is 0.469 e. The lowest BCUT2D eigenvalue weighted by atomic mass is 10.2. The molecule has 3 nitrogen and oxygen atoms in total. The molecule has 0 aromatic carbocycles. The van der Waals surface area contributed by atoms with Gasteiger partial charge >= 0.3 is 0 Å². The number of furan rings is 1. The number of alkyl halides is 3. The minimum absolute atomic E-state index is 0.142.